The fraction of sp³-hybridized carbons (Fsp3) is 0.733. The van der Waals surface area contributed by atoms with Gasteiger partial charge in [0.25, 0.3) is 0 Å². The molecule has 6 atom stereocenters. The zero-order valence-corrected chi connectivity index (χ0v) is 23.1. The first-order valence-electron chi connectivity index (χ1n) is 14.4. The number of nitrogens with one attached hydrogen (secondary N) is 4. The average Bonchev–Trinajstić information content (AvgIpc) is 3.61. The second-order valence-electron chi connectivity index (χ2n) is 11.6. The highest BCUT2D eigenvalue weighted by atomic mass is 16.5. The van der Waals surface area contributed by atoms with Gasteiger partial charge in [0.1, 0.15) is 0 Å². The molecule has 1 aromatic rings. The van der Waals surface area contributed by atoms with E-state index in [1.807, 2.05) is 0 Å². The van der Waals surface area contributed by atoms with Crippen molar-refractivity contribution in [3.63, 3.8) is 0 Å². The van der Waals surface area contributed by atoms with E-state index in [4.69, 9.17) is 9.47 Å². The van der Waals surface area contributed by atoms with Crippen molar-refractivity contribution in [2.45, 2.75) is 109 Å². The Hall–Kier alpha value is -1.60. The quantitative estimate of drug-likeness (QED) is 0.306. The Morgan fingerprint density at radius 1 is 0.972 bits per heavy atom. The molecule has 4 N–H and O–H groups in total. The Balaban J connectivity index is 1.08. The van der Waals surface area contributed by atoms with E-state index in [1.54, 1.807) is 0 Å². The van der Waals surface area contributed by atoms with Crippen LogP contribution in [0.4, 0.5) is 5.69 Å². The third-order valence-corrected chi connectivity index (χ3v) is 8.13. The summed E-state index contributed by atoms with van der Waals surface area (Å²) in [5, 5.41) is 14.6. The highest BCUT2D eigenvalue weighted by Gasteiger charge is 2.27. The molecule has 0 amide bonds. The number of hydrogen-bond donors (Lipinski definition) is 4. The van der Waals surface area contributed by atoms with Crippen LogP contribution in [0.2, 0.25) is 0 Å². The molecular formula is C30H50N4O2. The first-order valence-corrected chi connectivity index (χ1v) is 14.4. The maximum absolute atomic E-state index is 6.29. The topological polar surface area (TPSA) is 66.6 Å². The van der Waals surface area contributed by atoms with E-state index < -0.39 is 0 Å². The molecule has 3 aliphatic heterocycles. The molecule has 0 aliphatic carbocycles. The Kier molecular flexibility index (Phi) is 10.5. The fourth-order valence-electron chi connectivity index (χ4n) is 6.06. The number of rotatable bonds is 13. The Bertz CT molecular complexity index is 818. The van der Waals surface area contributed by atoms with Crippen molar-refractivity contribution in [3.05, 3.63) is 41.2 Å². The summed E-state index contributed by atoms with van der Waals surface area (Å²) in [7, 11) is 0. The predicted molar refractivity (Wildman–Crippen MR) is 149 cm³/mol. The van der Waals surface area contributed by atoms with Crippen molar-refractivity contribution in [1.29, 1.82) is 0 Å². The van der Waals surface area contributed by atoms with Crippen LogP contribution in [-0.4, -0.2) is 56.6 Å². The summed E-state index contributed by atoms with van der Waals surface area (Å²) in [6, 6.07) is 8.59. The van der Waals surface area contributed by atoms with Crippen molar-refractivity contribution in [2.24, 2.45) is 5.92 Å². The minimum Gasteiger partial charge on any atom is -0.384 e. The molecule has 0 saturated carbocycles. The summed E-state index contributed by atoms with van der Waals surface area (Å²) in [5.74, 6) is 0.599. The molecule has 202 valence electrons. The van der Waals surface area contributed by atoms with Crippen LogP contribution in [0.5, 0.6) is 0 Å². The standard InChI is InChI=1S/C30H50N4O2/c1-21(18-35-19-28-9-6-14-31-28)15-25-11-13-29(34-25)20-36-24(4)16-26-10-12-27(33-26)17-32-30-22(2)7-5-8-23(30)3/h5,7-8,17,21,24-26,28-29,31-34H,6,9-16,18-20H2,1-4H3/b27-17+/t21?,24?,25?,26?,28-,29-/m0/s1. The zero-order valence-electron chi connectivity index (χ0n) is 23.1. The maximum Gasteiger partial charge on any atom is 0.0623 e. The molecule has 3 fully saturated rings. The molecule has 0 radical (unpaired) electrons. The van der Waals surface area contributed by atoms with Gasteiger partial charge in [0, 0.05) is 48.4 Å². The van der Waals surface area contributed by atoms with Crippen LogP contribution in [0.3, 0.4) is 0 Å². The van der Waals surface area contributed by atoms with Gasteiger partial charge in [0.2, 0.25) is 0 Å². The normalized spacial score (nSPS) is 28.9. The van der Waals surface area contributed by atoms with E-state index in [-0.39, 0.29) is 6.10 Å². The Labute approximate surface area is 219 Å². The number of para-hydroxylation sites is 1. The summed E-state index contributed by atoms with van der Waals surface area (Å²) >= 11 is 0. The maximum atomic E-state index is 6.29. The molecule has 3 aliphatic rings. The Morgan fingerprint density at radius 3 is 2.56 bits per heavy atom. The van der Waals surface area contributed by atoms with Crippen molar-refractivity contribution >= 4 is 5.69 Å². The molecular weight excluding hydrogens is 448 g/mol. The van der Waals surface area contributed by atoms with Gasteiger partial charge in [-0.05, 0) is 95.7 Å². The summed E-state index contributed by atoms with van der Waals surface area (Å²) in [6.07, 6.45) is 12.0. The van der Waals surface area contributed by atoms with Crippen LogP contribution in [0.15, 0.2) is 30.1 Å². The number of hydrogen-bond acceptors (Lipinski definition) is 6. The Morgan fingerprint density at radius 2 is 1.78 bits per heavy atom. The van der Waals surface area contributed by atoms with E-state index in [9.17, 15) is 0 Å². The van der Waals surface area contributed by atoms with Crippen LogP contribution in [0, 0.1) is 19.8 Å². The SMILES string of the molecule is Cc1cccc(C)c1N/C=C1\CCC(CC(C)OC[C@@H]2CCC(CC(C)COC[C@@H]3CCCN3)N2)N1. The summed E-state index contributed by atoms with van der Waals surface area (Å²) in [5.41, 5.74) is 5.09. The van der Waals surface area contributed by atoms with E-state index in [0.29, 0.717) is 30.1 Å². The lowest BCUT2D eigenvalue weighted by atomic mass is 10.0. The van der Waals surface area contributed by atoms with Gasteiger partial charge >= 0.3 is 0 Å². The smallest absolute Gasteiger partial charge is 0.0623 e. The highest BCUT2D eigenvalue weighted by molar-refractivity contribution is 5.58. The lowest BCUT2D eigenvalue weighted by Gasteiger charge is -2.22. The van der Waals surface area contributed by atoms with E-state index in [0.717, 1.165) is 39.2 Å². The van der Waals surface area contributed by atoms with E-state index >= 15 is 0 Å². The van der Waals surface area contributed by atoms with Crippen LogP contribution in [0.25, 0.3) is 0 Å². The van der Waals surface area contributed by atoms with Crippen LogP contribution < -0.4 is 21.3 Å². The fourth-order valence-corrected chi connectivity index (χ4v) is 6.06. The molecule has 0 spiro atoms. The van der Waals surface area contributed by atoms with Gasteiger partial charge in [-0.1, -0.05) is 25.1 Å². The number of allylic oxidation sites excluding steroid dienone is 1. The highest BCUT2D eigenvalue weighted by Crippen LogP contribution is 2.24. The lowest BCUT2D eigenvalue weighted by molar-refractivity contribution is 0.0414. The molecule has 6 nitrogen and oxygen atoms in total. The molecule has 4 unspecified atom stereocenters. The minimum absolute atomic E-state index is 0.269. The van der Waals surface area contributed by atoms with Crippen LogP contribution in [0.1, 0.15) is 76.3 Å². The second-order valence-corrected chi connectivity index (χ2v) is 11.6. The van der Waals surface area contributed by atoms with Crippen molar-refractivity contribution in [2.75, 3.05) is 31.7 Å². The molecule has 36 heavy (non-hydrogen) atoms. The van der Waals surface area contributed by atoms with Gasteiger partial charge in [-0.15, -0.1) is 0 Å². The third kappa shape index (κ3) is 8.47. The molecule has 3 saturated heterocycles. The van der Waals surface area contributed by atoms with Gasteiger partial charge in [-0.2, -0.15) is 0 Å². The monoisotopic (exact) mass is 498 g/mol. The van der Waals surface area contributed by atoms with Gasteiger partial charge in [0.05, 0.1) is 19.3 Å². The summed E-state index contributed by atoms with van der Waals surface area (Å²) in [4.78, 5) is 0. The molecule has 4 rings (SSSR count). The van der Waals surface area contributed by atoms with Gasteiger partial charge in [0.15, 0.2) is 0 Å². The van der Waals surface area contributed by atoms with Crippen LogP contribution in [-0.2, 0) is 9.47 Å². The molecule has 6 heteroatoms. The largest absolute Gasteiger partial charge is 0.384 e. The molecule has 3 heterocycles. The number of benzene rings is 1. The number of ether oxygens (including phenoxy) is 2. The molecule has 0 aromatic heterocycles. The molecule has 0 bridgehead atoms. The van der Waals surface area contributed by atoms with Crippen molar-refractivity contribution in [3.8, 4) is 0 Å². The summed E-state index contributed by atoms with van der Waals surface area (Å²) in [6.45, 7) is 12.6. The van der Waals surface area contributed by atoms with Gasteiger partial charge < -0.3 is 30.7 Å². The van der Waals surface area contributed by atoms with E-state index in [2.05, 4.69) is 73.4 Å². The first-order chi connectivity index (χ1) is 17.5. The first kappa shape index (κ1) is 27.4. The zero-order chi connectivity index (χ0) is 25.3. The summed E-state index contributed by atoms with van der Waals surface area (Å²) < 4.78 is 12.3. The molecule has 1 aromatic carbocycles. The third-order valence-electron chi connectivity index (χ3n) is 8.13. The van der Waals surface area contributed by atoms with Gasteiger partial charge in [-0.25, -0.2) is 0 Å². The van der Waals surface area contributed by atoms with Gasteiger partial charge in [-0.3, -0.25) is 0 Å². The number of aryl methyl sites for hydroxylation is 2. The average molecular weight is 499 g/mol. The van der Waals surface area contributed by atoms with Crippen LogP contribution >= 0.6 is 0 Å². The van der Waals surface area contributed by atoms with Crippen molar-refractivity contribution in [1.82, 2.24) is 16.0 Å². The predicted octanol–water partition coefficient (Wildman–Crippen LogP) is 5.02. The van der Waals surface area contributed by atoms with E-state index in [1.165, 1.54) is 61.0 Å². The second kappa shape index (κ2) is 13.8. The number of anilines is 1. The lowest BCUT2D eigenvalue weighted by Crippen LogP contribution is -2.36. The minimum atomic E-state index is 0.269. The van der Waals surface area contributed by atoms with Crippen molar-refractivity contribution < 1.29 is 9.47 Å².